The molecule has 0 radical (unpaired) electrons. The molecular weight excluding hydrogens is 262 g/mol. The molecule has 3 rings (SSSR count). The smallest absolute Gasteiger partial charge is 0.236 e. The van der Waals surface area contributed by atoms with Crippen molar-refractivity contribution < 1.29 is 4.79 Å². The molecule has 0 unspecified atom stereocenters. The molecule has 0 aromatic carbocycles. The van der Waals surface area contributed by atoms with Crippen LogP contribution in [0, 0.1) is 5.92 Å². The Morgan fingerprint density at radius 1 is 0.905 bits per heavy atom. The van der Waals surface area contributed by atoms with Gasteiger partial charge in [-0.1, -0.05) is 19.8 Å². The summed E-state index contributed by atoms with van der Waals surface area (Å²) in [7, 11) is 0. The Kier molecular flexibility index (Phi) is 5.17. The number of piperazine rings is 1. The number of carbonyl (C=O) groups is 1. The van der Waals surface area contributed by atoms with Crippen LogP contribution < -0.4 is 0 Å². The van der Waals surface area contributed by atoms with Gasteiger partial charge in [0.1, 0.15) is 0 Å². The van der Waals surface area contributed by atoms with Crippen molar-refractivity contribution in [2.45, 2.75) is 51.5 Å². The van der Waals surface area contributed by atoms with E-state index in [9.17, 15) is 4.79 Å². The molecule has 21 heavy (non-hydrogen) atoms. The number of likely N-dealkylation sites (tertiary alicyclic amines) is 1. The van der Waals surface area contributed by atoms with Gasteiger partial charge in [0, 0.05) is 32.2 Å². The zero-order valence-electron chi connectivity index (χ0n) is 13.6. The van der Waals surface area contributed by atoms with Gasteiger partial charge < -0.3 is 4.90 Å². The minimum atomic E-state index is 0.357. The highest BCUT2D eigenvalue weighted by Gasteiger charge is 2.28. The van der Waals surface area contributed by atoms with Crippen LogP contribution in [0.3, 0.4) is 0 Å². The maximum atomic E-state index is 12.4. The second-order valence-electron chi connectivity index (χ2n) is 7.31. The van der Waals surface area contributed by atoms with E-state index in [0.29, 0.717) is 12.5 Å². The SMILES string of the molecule is CC1CCN(CC(=O)N2CCN(C3CCCC3)CC2)CC1. The second-order valence-corrected chi connectivity index (χ2v) is 7.31. The third-order valence-electron chi connectivity index (χ3n) is 5.74. The van der Waals surface area contributed by atoms with Crippen LogP contribution in [0.15, 0.2) is 0 Å². The van der Waals surface area contributed by atoms with Gasteiger partial charge in [0.15, 0.2) is 0 Å². The van der Waals surface area contributed by atoms with E-state index in [1.165, 1.54) is 38.5 Å². The summed E-state index contributed by atoms with van der Waals surface area (Å²) < 4.78 is 0. The molecule has 1 aliphatic carbocycles. The lowest BCUT2D eigenvalue weighted by atomic mass is 9.99. The van der Waals surface area contributed by atoms with Gasteiger partial charge in [0.25, 0.3) is 0 Å². The molecule has 1 amide bonds. The van der Waals surface area contributed by atoms with Crippen LogP contribution in [0.2, 0.25) is 0 Å². The van der Waals surface area contributed by atoms with Crippen molar-refractivity contribution >= 4 is 5.91 Å². The van der Waals surface area contributed by atoms with Gasteiger partial charge in [0.2, 0.25) is 5.91 Å². The van der Waals surface area contributed by atoms with E-state index in [0.717, 1.165) is 51.2 Å². The first kappa shape index (κ1) is 15.3. The third kappa shape index (κ3) is 3.98. The number of amides is 1. The monoisotopic (exact) mass is 293 g/mol. The molecule has 2 heterocycles. The van der Waals surface area contributed by atoms with Crippen molar-refractivity contribution in [3.8, 4) is 0 Å². The Morgan fingerprint density at radius 2 is 1.52 bits per heavy atom. The molecule has 0 aromatic rings. The Labute approximate surface area is 129 Å². The van der Waals surface area contributed by atoms with Crippen LogP contribution in [0.5, 0.6) is 0 Å². The van der Waals surface area contributed by atoms with E-state index < -0.39 is 0 Å². The maximum absolute atomic E-state index is 12.4. The predicted octanol–water partition coefficient (Wildman–Crippen LogP) is 1.81. The zero-order chi connectivity index (χ0) is 14.7. The number of rotatable bonds is 3. The average molecular weight is 293 g/mol. The molecule has 2 saturated heterocycles. The topological polar surface area (TPSA) is 26.8 Å². The first-order chi connectivity index (χ1) is 10.2. The zero-order valence-corrected chi connectivity index (χ0v) is 13.6. The minimum absolute atomic E-state index is 0.357. The lowest BCUT2D eigenvalue weighted by Crippen LogP contribution is -2.53. The lowest BCUT2D eigenvalue weighted by Gasteiger charge is -2.39. The molecule has 0 spiro atoms. The normalized spacial score (nSPS) is 27.4. The summed E-state index contributed by atoms with van der Waals surface area (Å²) in [5.41, 5.74) is 0. The molecule has 1 saturated carbocycles. The summed E-state index contributed by atoms with van der Waals surface area (Å²) in [4.78, 5) is 19.5. The Balaban J connectivity index is 1.40. The Hall–Kier alpha value is -0.610. The summed E-state index contributed by atoms with van der Waals surface area (Å²) in [6, 6.07) is 0.811. The number of piperidine rings is 1. The summed E-state index contributed by atoms with van der Waals surface area (Å²) >= 11 is 0. The molecule has 120 valence electrons. The first-order valence-corrected chi connectivity index (χ1v) is 8.96. The molecule has 3 aliphatic rings. The molecule has 4 heteroatoms. The fourth-order valence-corrected chi connectivity index (χ4v) is 4.12. The van der Waals surface area contributed by atoms with Crippen molar-refractivity contribution in [2.24, 2.45) is 5.92 Å². The summed E-state index contributed by atoms with van der Waals surface area (Å²) in [5.74, 6) is 1.20. The van der Waals surface area contributed by atoms with Crippen LogP contribution in [0.1, 0.15) is 45.4 Å². The second kappa shape index (κ2) is 7.10. The molecule has 0 atom stereocenters. The van der Waals surface area contributed by atoms with Gasteiger partial charge >= 0.3 is 0 Å². The van der Waals surface area contributed by atoms with Crippen LogP contribution in [-0.2, 0) is 4.79 Å². The number of nitrogens with zero attached hydrogens (tertiary/aromatic N) is 3. The van der Waals surface area contributed by atoms with Crippen molar-refractivity contribution in [2.75, 3.05) is 45.8 Å². The van der Waals surface area contributed by atoms with Crippen molar-refractivity contribution in [3.05, 3.63) is 0 Å². The molecule has 0 N–H and O–H groups in total. The fraction of sp³-hybridized carbons (Fsp3) is 0.941. The minimum Gasteiger partial charge on any atom is -0.339 e. The van der Waals surface area contributed by atoms with Gasteiger partial charge in [0.05, 0.1) is 6.54 Å². The number of hydrogen-bond donors (Lipinski definition) is 0. The molecule has 0 bridgehead atoms. The Morgan fingerprint density at radius 3 is 2.14 bits per heavy atom. The van der Waals surface area contributed by atoms with E-state index in [1.54, 1.807) is 0 Å². The summed E-state index contributed by atoms with van der Waals surface area (Å²) in [5, 5.41) is 0. The standard InChI is InChI=1S/C17H31N3O/c1-15-6-8-18(9-7-15)14-17(21)20-12-10-19(11-13-20)16-4-2-3-5-16/h15-16H,2-14H2,1H3. The van der Waals surface area contributed by atoms with Gasteiger partial charge in [-0.25, -0.2) is 0 Å². The largest absolute Gasteiger partial charge is 0.339 e. The van der Waals surface area contributed by atoms with Gasteiger partial charge in [-0.05, 0) is 44.7 Å². The van der Waals surface area contributed by atoms with Gasteiger partial charge in [-0.15, -0.1) is 0 Å². The maximum Gasteiger partial charge on any atom is 0.236 e. The predicted molar refractivity (Wildman–Crippen MR) is 85.2 cm³/mol. The van der Waals surface area contributed by atoms with Gasteiger partial charge in [-0.3, -0.25) is 14.6 Å². The van der Waals surface area contributed by atoms with E-state index in [-0.39, 0.29) is 0 Å². The molecule has 3 fully saturated rings. The third-order valence-corrected chi connectivity index (χ3v) is 5.74. The van der Waals surface area contributed by atoms with Crippen LogP contribution >= 0.6 is 0 Å². The highest BCUT2D eigenvalue weighted by atomic mass is 16.2. The Bertz CT molecular complexity index is 338. The quantitative estimate of drug-likeness (QED) is 0.794. The highest BCUT2D eigenvalue weighted by molar-refractivity contribution is 5.78. The molecular formula is C17H31N3O. The number of carbonyl (C=O) groups excluding carboxylic acids is 1. The van der Waals surface area contributed by atoms with E-state index in [4.69, 9.17) is 0 Å². The van der Waals surface area contributed by atoms with Crippen LogP contribution in [0.25, 0.3) is 0 Å². The summed E-state index contributed by atoms with van der Waals surface area (Å²) in [6.45, 7) is 9.25. The number of hydrogen-bond acceptors (Lipinski definition) is 3. The summed E-state index contributed by atoms with van der Waals surface area (Å²) in [6.07, 6.45) is 8.06. The molecule has 4 nitrogen and oxygen atoms in total. The van der Waals surface area contributed by atoms with Crippen LogP contribution in [0.4, 0.5) is 0 Å². The molecule has 2 aliphatic heterocycles. The lowest BCUT2D eigenvalue weighted by molar-refractivity contribution is -0.134. The first-order valence-electron chi connectivity index (χ1n) is 8.96. The molecule has 0 aromatic heterocycles. The van der Waals surface area contributed by atoms with Crippen molar-refractivity contribution in [1.82, 2.24) is 14.7 Å². The van der Waals surface area contributed by atoms with Crippen molar-refractivity contribution in [3.63, 3.8) is 0 Å². The van der Waals surface area contributed by atoms with Crippen LogP contribution in [-0.4, -0.2) is 72.5 Å². The average Bonchev–Trinajstić information content (AvgIpc) is 3.04. The van der Waals surface area contributed by atoms with E-state index >= 15 is 0 Å². The highest BCUT2D eigenvalue weighted by Crippen LogP contribution is 2.24. The van der Waals surface area contributed by atoms with Crippen molar-refractivity contribution in [1.29, 1.82) is 0 Å². The van der Waals surface area contributed by atoms with E-state index in [2.05, 4.69) is 21.6 Å². The fourth-order valence-electron chi connectivity index (χ4n) is 4.12. The van der Waals surface area contributed by atoms with Gasteiger partial charge in [-0.2, -0.15) is 0 Å². The van der Waals surface area contributed by atoms with E-state index in [1.807, 2.05) is 0 Å².